The van der Waals surface area contributed by atoms with Crippen molar-refractivity contribution >= 4 is 11.6 Å². The molecule has 1 heterocycles. The first-order valence-corrected chi connectivity index (χ1v) is 8.49. The van der Waals surface area contributed by atoms with Crippen molar-refractivity contribution in [1.82, 2.24) is 9.97 Å². The van der Waals surface area contributed by atoms with Crippen LogP contribution in [0, 0.1) is 19.8 Å². The van der Waals surface area contributed by atoms with Crippen molar-refractivity contribution in [1.29, 1.82) is 0 Å². The molecular formula is C17H30N4. The molecule has 118 valence electrons. The van der Waals surface area contributed by atoms with Crippen LogP contribution in [0.25, 0.3) is 0 Å². The molecule has 0 aromatic carbocycles. The maximum absolute atomic E-state index is 4.60. The highest BCUT2D eigenvalue weighted by molar-refractivity contribution is 5.57. The number of nitrogens with one attached hydrogen (secondary N) is 2. The van der Waals surface area contributed by atoms with Crippen molar-refractivity contribution in [3.05, 3.63) is 11.4 Å². The van der Waals surface area contributed by atoms with Crippen molar-refractivity contribution in [2.24, 2.45) is 5.92 Å². The van der Waals surface area contributed by atoms with E-state index in [1.807, 2.05) is 6.92 Å². The van der Waals surface area contributed by atoms with Crippen LogP contribution in [-0.4, -0.2) is 22.6 Å². The number of aromatic nitrogens is 2. The lowest BCUT2D eigenvalue weighted by Crippen LogP contribution is -2.27. The number of hydrogen-bond donors (Lipinski definition) is 2. The van der Waals surface area contributed by atoms with Crippen LogP contribution in [0.3, 0.4) is 0 Å². The Morgan fingerprint density at radius 3 is 2.29 bits per heavy atom. The fourth-order valence-corrected chi connectivity index (χ4v) is 3.31. The first-order valence-electron chi connectivity index (χ1n) is 8.49. The minimum Gasteiger partial charge on any atom is -0.370 e. The van der Waals surface area contributed by atoms with Gasteiger partial charge in [-0.1, -0.05) is 19.8 Å². The molecule has 0 aliphatic heterocycles. The van der Waals surface area contributed by atoms with Crippen molar-refractivity contribution in [3.8, 4) is 0 Å². The third kappa shape index (κ3) is 4.32. The summed E-state index contributed by atoms with van der Waals surface area (Å²) in [6.45, 7) is 9.34. The molecular weight excluding hydrogens is 260 g/mol. The second-order valence-electron chi connectivity index (χ2n) is 6.27. The molecule has 1 aliphatic rings. The Morgan fingerprint density at radius 1 is 1.00 bits per heavy atom. The molecule has 1 fully saturated rings. The van der Waals surface area contributed by atoms with Crippen molar-refractivity contribution < 1.29 is 0 Å². The van der Waals surface area contributed by atoms with Gasteiger partial charge < -0.3 is 10.6 Å². The molecule has 1 saturated carbocycles. The highest BCUT2D eigenvalue weighted by atomic mass is 15.1. The Morgan fingerprint density at radius 2 is 1.67 bits per heavy atom. The van der Waals surface area contributed by atoms with Gasteiger partial charge in [0.05, 0.1) is 0 Å². The predicted octanol–water partition coefficient (Wildman–Crippen LogP) is 4.30. The maximum atomic E-state index is 4.60. The van der Waals surface area contributed by atoms with E-state index in [2.05, 4.69) is 41.4 Å². The summed E-state index contributed by atoms with van der Waals surface area (Å²) in [5.74, 6) is 3.75. The zero-order valence-corrected chi connectivity index (χ0v) is 14.0. The molecule has 1 aromatic rings. The summed E-state index contributed by atoms with van der Waals surface area (Å²) in [5, 5.41) is 6.99. The van der Waals surface area contributed by atoms with Crippen LogP contribution in [-0.2, 0) is 0 Å². The van der Waals surface area contributed by atoms with Crippen molar-refractivity contribution in [3.63, 3.8) is 0 Å². The minimum absolute atomic E-state index is 0.570. The lowest BCUT2D eigenvalue weighted by molar-refractivity contribution is 0.318. The fourth-order valence-electron chi connectivity index (χ4n) is 3.31. The number of aryl methyl sites for hydroxylation is 1. The summed E-state index contributed by atoms with van der Waals surface area (Å²) in [6.07, 6.45) is 7.96. The van der Waals surface area contributed by atoms with Gasteiger partial charge in [-0.3, -0.25) is 0 Å². The largest absolute Gasteiger partial charge is 0.370 e. The van der Waals surface area contributed by atoms with E-state index < -0.39 is 0 Å². The summed E-state index contributed by atoms with van der Waals surface area (Å²) < 4.78 is 0. The zero-order chi connectivity index (χ0) is 15.2. The van der Waals surface area contributed by atoms with Gasteiger partial charge in [-0.25, -0.2) is 9.97 Å². The van der Waals surface area contributed by atoms with Gasteiger partial charge in [-0.15, -0.1) is 0 Å². The first-order chi connectivity index (χ1) is 10.1. The van der Waals surface area contributed by atoms with Crippen molar-refractivity contribution in [2.75, 3.05) is 17.2 Å². The van der Waals surface area contributed by atoms with Gasteiger partial charge in [0, 0.05) is 18.2 Å². The highest BCUT2D eigenvalue weighted by Gasteiger charge is 2.21. The SMILES string of the molecule is CCCC1CCC(Nc2nc(C)nc(NCC)c2C)CC1. The molecule has 1 aliphatic carbocycles. The van der Waals surface area contributed by atoms with Gasteiger partial charge in [-0.2, -0.15) is 0 Å². The van der Waals surface area contributed by atoms with Crippen LogP contribution < -0.4 is 10.6 Å². The molecule has 21 heavy (non-hydrogen) atoms. The Labute approximate surface area is 129 Å². The van der Waals surface area contributed by atoms with E-state index in [0.717, 1.165) is 35.5 Å². The number of rotatable bonds is 6. The Balaban J connectivity index is 2.00. The summed E-state index contributed by atoms with van der Waals surface area (Å²) in [4.78, 5) is 9.09. The molecule has 1 aromatic heterocycles. The highest BCUT2D eigenvalue weighted by Crippen LogP contribution is 2.30. The van der Waals surface area contributed by atoms with E-state index in [0.29, 0.717) is 6.04 Å². The molecule has 2 rings (SSSR count). The van der Waals surface area contributed by atoms with E-state index >= 15 is 0 Å². The lowest BCUT2D eigenvalue weighted by atomic mass is 9.83. The average molecular weight is 290 g/mol. The smallest absolute Gasteiger partial charge is 0.134 e. The quantitative estimate of drug-likeness (QED) is 0.820. The van der Waals surface area contributed by atoms with Crippen LogP contribution in [0.15, 0.2) is 0 Å². The summed E-state index contributed by atoms with van der Waals surface area (Å²) in [7, 11) is 0. The van der Waals surface area contributed by atoms with E-state index in [9.17, 15) is 0 Å². The lowest BCUT2D eigenvalue weighted by Gasteiger charge is -2.30. The second-order valence-corrected chi connectivity index (χ2v) is 6.27. The average Bonchev–Trinajstić information content (AvgIpc) is 2.46. The third-order valence-corrected chi connectivity index (χ3v) is 4.49. The molecule has 4 nitrogen and oxygen atoms in total. The fraction of sp³-hybridized carbons (Fsp3) is 0.765. The van der Waals surface area contributed by atoms with Crippen LogP contribution in [0.4, 0.5) is 11.6 Å². The third-order valence-electron chi connectivity index (χ3n) is 4.49. The standard InChI is InChI=1S/C17H30N4/c1-5-7-14-8-10-15(11-9-14)21-17-12(3)16(18-6-2)19-13(4)20-17/h14-15H,5-11H2,1-4H3,(H2,18,19,20,21). The van der Waals surface area contributed by atoms with Gasteiger partial charge in [0.15, 0.2) is 0 Å². The van der Waals surface area contributed by atoms with E-state index in [1.54, 1.807) is 0 Å². The summed E-state index contributed by atoms with van der Waals surface area (Å²) in [6, 6.07) is 0.570. The molecule has 2 N–H and O–H groups in total. The summed E-state index contributed by atoms with van der Waals surface area (Å²) in [5.41, 5.74) is 1.14. The molecule has 0 saturated heterocycles. The molecule has 0 unspecified atom stereocenters. The minimum atomic E-state index is 0.570. The van der Waals surface area contributed by atoms with Gasteiger partial charge in [0.25, 0.3) is 0 Å². The maximum Gasteiger partial charge on any atom is 0.134 e. The number of hydrogen-bond acceptors (Lipinski definition) is 4. The van der Waals surface area contributed by atoms with E-state index in [1.165, 1.54) is 38.5 Å². The molecule has 0 amide bonds. The molecule has 0 atom stereocenters. The van der Waals surface area contributed by atoms with Gasteiger partial charge in [-0.05, 0) is 52.4 Å². The Kier molecular flexibility index (Phi) is 5.83. The molecule has 0 spiro atoms. The van der Waals surface area contributed by atoms with Gasteiger partial charge in [0.2, 0.25) is 0 Å². The van der Waals surface area contributed by atoms with Crippen LogP contribution in [0.2, 0.25) is 0 Å². The monoisotopic (exact) mass is 290 g/mol. The van der Waals surface area contributed by atoms with Crippen molar-refractivity contribution in [2.45, 2.75) is 72.3 Å². The van der Waals surface area contributed by atoms with Crippen LogP contribution >= 0.6 is 0 Å². The second kappa shape index (κ2) is 7.62. The van der Waals surface area contributed by atoms with Gasteiger partial charge in [0.1, 0.15) is 17.5 Å². The molecule has 0 radical (unpaired) electrons. The Bertz CT molecular complexity index is 450. The number of anilines is 2. The normalized spacial score (nSPS) is 22.1. The topological polar surface area (TPSA) is 49.8 Å². The van der Waals surface area contributed by atoms with Crippen LogP contribution in [0.5, 0.6) is 0 Å². The van der Waals surface area contributed by atoms with E-state index in [4.69, 9.17) is 0 Å². The van der Waals surface area contributed by atoms with Crippen LogP contribution in [0.1, 0.15) is 63.8 Å². The predicted molar refractivity (Wildman–Crippen MR) is 89.9 cm³/mol. The van der Waals surface area contributed by atoms with Gasteiger partial charge >= 0.3 is 0 Å². The first kappa shape index (κ1) is 16.1. The molecule has 0 bridgehead atoms. The summed E-state index contributed by atoms with van der Waals surface area (Å²) >= 11 is 0. The zero-order valence-electron chi connectivity index (χ0n) is 14.0. The van der Waals surface area contributed by atoms with E-state index in [-0.39, 0.29) is 0 Å². The number of nitrogens with zero attached hydrogens (tertiary/aromatic N) is 2. The molecule has 4 heteroatoms. The Hall–Kier alpha value is -1.32.